The van der Waals surface area contributed by atoms with E-state index in [1.54, 1.807) is 0 Å². The molecule has 2 fully saturated rings. The maximum Gasteiger partial charge on any atom is 0.344 e. The van der Waals surface area contributed by atoms with Crippen molar-refractivity contribution in [1.29, 1.82) is 0 Å². The van der Waals surface area contributed by atoms with E-state index in [1.807, 2.05) is 0 Å². The van der Waals surface area contributed by atoms with E-state index in [2.05, 4.69) is 0 Å². The van der Waals surface area contributed by atoms with Gasteiger partial charge >= 0.3 is 7.80 Å². The standard InChI is InChI=1S/C14H26OP/c15-16(13-9-5-1-2-6-10-13)14-11-7-3-4-8-12-14/h13-14H,1-12H2/q+1. The van der Waals surface area contributed by atoms with E-state index in [-0.39, 0.29) is 0 Å². The monoisotopic (exact) mass is 241 g/mol. The van der Waals surface area contributed by atoms with Crippen LogP contribution in [0, 0.1) is 0 Å². The van der Waals surface area contributed by atoms with Crippen LogP contribution in [-0.2, 0) is 4.57 Å². The molecule has 2 rings (SSSR count). The van der Waals surface area contributed by atoms with Gasteiger partial charge in [-0.15, -0.1) is 0 Å². The Balaban J connectivity index is 1.88. The van der Waals surface area contributed by atoms with Crippen LogP contribution in [0.2, 0.25) is 0 Å². The molecule has 0 bridgehead atoms. The van der Waals surface area contributed by atoms with Gasteiger partial charge in [-0.3, -0.25) is 0 Å². The molecule has 0 amide bonds. The molecule has 2 heteroatoms. The first kappa shape index (κ1) is 12.6. The minimum atomic E-state index is -0.901. The van der Waals surface area contributed by atoms with Crippen molar-refractivity contribution in [2.45, 2.75) is 88.4 Å². The Morgan fingerprint density at radius 1 is 0.562 bits per heavy atom. The third kappa shape index (κ3) is 3.55. The quantitative estimate of drug-likeness (QED) is 0.476. The van der Waals surface area contributed by atoms with Crippen LogP contribution in [0.25, 0.3) is 0 Å². The van der Waals surface area contributed by atoms with Crippen molar-refractivity contribution in [3.05, 3.63) is 0 Å². The van der Waals surface area contributed by atoms with Crippen LogP contribution < -0.4 is 0 Å². The lowest BCUT2D eigenvalue weighted by atomic mass is 10.2. The van der Waals surface area contributed by atoms with E-state index in [1.165, 1.54) is 77.0 Å². The molecule has 2 saturated carbocycles. The summed E-state index contributed by atoms with van der Waals surface area (Å²) in [5.74, 6) is 0. The van der Waals surface area contributed by atoms with E-state index in [0.29, 0.717) is 11.3 Å². The highest BCUT2D eigenvalue weighted by molar-refractivity contribution is 7.46. The second-order valence-electron chi connectivity index (χ2n) is 5.65. The topological polar surface area (TPSA) is 17.1 Å². The molecule has 0 saturated heterocycles. The molecule has 0 aromatic heterocycles. The van der Waals surface area contributed by atoms with Gasteiger partial charge in [-0.05, 0) is 51.4 Å². The van der Waals surface area contributed by atoms with Crippen LogP contribution >= 0.6 is 7.80 Å². The van der Waals surface area contributed by atoms with Crippen molar-refractivity contribution in [3.63, 3.8) is 0 Å². The van der Waals surface area contributed by atoms with Gasteiger partial charge in [-0.2, -0.15) is 0 Å². The Morgan fingerprint density at radius 3 is 1.19 bits per heavy atom. The zero-order valence-corrected chi connectivity index (χ0v) is 11.4. The Bertz CT molecular complexity index is 189. The summed E-state index contributed by atoms with van der Waals surface area (Å²) in [7, 11) is -0.901. The molecule has 0 spiro atoms. The van der Waals surface area contributed by atoms with E-state index in [9.17, 15) is 4.57 Å². The van der Waals surface area contributed by atoms with Crippen LogP contribution in [0.1, 0.15) is 77.0 Å². The molecule has 16 heavy (non-hydrogen) atoms. The van der Waals surface area contributed by atoms with Gasteiger partial charge in [-0.25, -0.2) is 0 Å². The Kier molecular flexibility index (Phi) is 5.29. The molecule has 1 nitrogen and oxygen atoms in total. The summed E-state index contributed by atoms with van der Waals surface area (Å²) in [6.45, 7) is 0. The van der Waals surface area contributed by atoms with Gasteiger partial charge in [0, 0.05) is 0 Å². The number of rotatable bonds is 2. The Labute approximate surface area is 101 Å². The fourth-order valence-corrected chi connectivity index (χ4v) is 5.67. The lowest BCUT2D eigenvalue weighted by Gasteiger charge is -2.09. The minimum absolute atomic E-state index is 0.584. The summed E-state index contributed by atoms with van der Waals surface area (Å²) in [5.41, 5.74) is 1.17. The van der Waals surface area contributed by atoms with E-state index in [4.69, 9.17) is 0 Å². The molecule has 0 aromatic carbocycles. The third-order valence-corrected chi connectivity index (χ3v) is 6.84. The van der Waals surface area contributed by atoms with Crippen molar-refractivity contribution in [2.75, 3.05) is 0 Å². The first-order chi connectivity index (χ1) is 7.88. The van der Waals surface area contributed by atoms with Gasteiger partial charge in [0.05, 0.1) is 0 Å². The molecule has 0 aromatic rings. The Hall–Kier alpha value is 0.100. The molecule has 0 atom stereocenters. The predicted molar refractivity (Wildman–Crippen MR) is 70.6 cm³/mol. The SMILES string of the molecule is O=[P+](C1CCCCCC1)C1CCCCCC1. The lowest BCUT2D eigenvalue weighted by molar-refractivity contribution is 0.544. The number of hydrogen-bond donors (Lipinski definition) is 0. The zero-order valence-electron chi connectivity index (χ0n) is 10.5. The molecule has 92 valence electrons. The smallest absolute Gasteiger partial charge is 0.0742 e. The summed E-state index contributed by atoms with van der Waals surface area (Å²) in [4.78, 5) is 0. The molecule has 0 radical (unpaired) electrons. The summed E-state index contributed by atoms with van der Waals surface area (Å²) in [5, 5.41) is 0. The van der Waals surface area contributed by atoms with Crippen molar-refractivity contribution >= 4 is 7.80 Å². The second-order valence-corrected chi connectivity index (χ2v) is 7.83. The van der Waals surface area contributed by atoms with Crippen LogP contribution in [-0.4, -0.2) is 11.3 Å². The van der Waals surface area contributed by atoms with Crippen molar-refractivity contribution in [2.24, 2.45) is 0 Å². The van der Waals surface area contributed by atoms with Crippen LogP contribution in [0.3, 0.4) is 0 Å². The zero-order chi connectivity index (χ0) is 11.2. The Morgan fingerprint density at radius 2 is 0.875 bits per heavy atom. The van der Waals surface area contributed by atoms with E-state index < -0.39 is 7.80 Å². The van der Waals surface area contributed by atoms with Gasteiger partial charge in [0.2, 0.25) is 0 Å². The average Bonchev–Trinajstić information content (AvgIpc) is 2.73. The van der Waals surface area contributed by atoms with Crippen LogP contribution in [0.15, 0.2) is 0 Å². The summed E-state index contributed by atoms with van der Waals surface area (Å²) in [6.07, 6.45) is 15.9. The summed E-state index contributed by atoms with van der Waals surface area (Å²) >= 11 is 0. The van der Waals surface area contributed by atoms with Gasteiger partial charge in [0.25, 0.3) is 0 Å². The minimum Gasteiger partial charge on any atom is -0.0742 e. The molecule has 2 aliphatic rings. The molecule has 0 aliphatic heterocycles. The summed E-state index contributed by atoms with van der Waals surface area (Å²) in [6, 6.07) is 0. The highest BCUT2D eigenvalue weighted by atomic mass is 31.1. The fourth-order valence-electron chi connectivity index (χ4n) is 3.32. The lowest BCUT2D eigenvalue weighted by Crippen LogP contribution is -2.10. The largest absolute Gasteiger partial charge is 0.344 e. The highest BCUT2D eigenvalue weighted by Crippen LogP contribution is 2.46. The normalized spacial score (nSPS) is 26.0. The maximum atomic E-state index is 12.6. The third-order valence-electron chi connectivity index (χ3n) is 4.37. The van der Waals surface area contributed by atoms with Gasteiger partial charge in [-0.1, -0.05) is 30.2 Å². The van der Waals surface area contributed by atoms with E-state index in [0.717, 1.165) is 0 Å². The fraction of sp³-hybridized carbons (Fsp3) is 1.00. The second kappa shape index (κ2) is 6.74. The highest BCUT2D eigenvalue weighted by Gasteiger charge is 2.38. The molecule has 0 unspecified atom stereocenters. The average molecular weight is 241 g/mol. The van der Waals surface area contributed by atoms with Crippen LogP contribution in [0.4, 0.5) is 0 Å². The molecular weight excluding hydrogens is 215 g/mol. The molecule has 0 heterocycles. The van der Waals surface area contributed by atoms with Crippen LogP contribution in [0.5, 0.6) is 0 Å². The molecule has 2 aliphatic carbocycles. The molecule has 0 N–H and O–H groups in total. The first-order valence-electron chi connectivity index (χ1n) is 7.33. The van der Waals surface area contributed by atoms with E-state index >= 15 is 0 Å². The van der Waals surface area contributed by atoms with Gasteiger partial charge in [0.15, 0.2) is 11.3 Å². The predicted octanol–water partition coefficient (Wildman–Crippen LogP) is 5.26. The first-order valence-corrected chi connectivity index (χ1v) is 8.73. The molecular formula is C14H26OP+. The number of hydrogen-bond acceptors (Lipinski definition) is 1. The van der Waals surface area contributed by atoms with Crippen molar-refractivity contribution < 1.29 is 4.57 Å². The van der Waals surface area contributed by atoms with Gasteiger partial charge < -0.3 is 0 Å². The van der Waals surface area contributed by atoms with Crippen molar-refractivity contribution in [1.82, 2.24) is 0 Å². The van der Waals surface area contributed by atoms with Gasteiger partial charge in [0.1, 0.15) is 0 Å². The van der Waals surface area contributed by atoms with Crippen molar-refractivity contribution in [3.8, 4) is 0 Å². The summed E-state index contributed by atoms with van der Waals surface area (Å²) < 4.78 is 12.6. The maximum absolute atomic E-state index is 12.6.